The number of nitrogens with two attached hydrogens (primary N) is 1. The van der Waals surface area contributed by atoms with Gasteiger partial charge in [0.15, 0.2) is 5.17 Å². The molecule has 2 heterocycles. The molecule has 30 heavy (non-hydrogen) atoms. The number of carbonyl (C=O) groups excluding carboxylic acids is 1. The zero-order valence-electron chi connectivity index (χ0n) is 16.4. The number of amidine groups is 1. The highest BCUT2D eigenvalue weighted by Crippen LogP contribution is 2.45. The van der Waals surface area contributed by atoms with Crippen LogP contribution in [0.4, 0.5) is 5.69 Å². The van der Waals surface area contributed by atoms with Crippen molar-refractivity contribution in [1.29, 1.82) is 5.26 Å². The van der Waals surface area contributed by atoms with Crippen LogP contribution in [0.25, 0.3) is 0 Å². The minimum absolute atomic E-state index is 0.280. The number of thioether (sulfide) groups is 1. The SMILES string of the molecule is COc1cccc([C@@H]2C(C(=O)Nc3ccccc3)=C(C)N=C3SC(C#N)=C(N)N32)c1. The Hall–Kier alpha value is -3.70. The van der Waals surface area contributed by atoms with Gasteiger partial charge in [0.2, 0.25) is 0 Å². The molecular weight excluding hydrogens is 398 g/mol. The van der Waals surface area contributed by atoms with E-state index in [1.165, 1.54) is 11.8 Å². The highest BCUT2D eigenvalue weighted by Gasteiger charge is 2.42. The first-order valence-corrected chi connectivity index (χ1v) is 10.0. The highest BCUT2D eigenvalue weighted by molar-refractivity contribution is 8.17. The van der Waals surface area contributed by atoms with Crippen molar-refractivity contribution in [3.8, 4) is 11.8 Å². The minimum atomic E-state index is -0.547. The second-order valence-electron chi connectivity index (χ2n) is 6.69. The molecule has 150 valence electrons. The Morgan fingerprint density at radius 3 is 2.73 bits per heavy atom. The van der Waals surface area contributed by atoms with Gasteiger partial charge in [0.25, 0.3) is 5.91 Å². The number of methoxy groups -OCH3 is 1. The molecular formula is C22H19N5O2S. The van der Waals surface area contributed by atoms with E-state index in [2.05, 4.69) is 16.4 Å². The molecule has 1 amide bonds. The molecule has 1 atom stereocenters. The van der Waals surface area contributed by atoms with Crippen molar-refractivity contribution in [2.45, 2.75) is 13.0 Å². The first-order chi connectivity index (χ1) is 14.5. The molecule has 2 aliphatic rings. The maximum Gasteiger partial charge on any atom is 0.255 e. The number of fused-ring (bicyclic) bond motifs is 1. The van der Waals surface area contributed by atoms with Crippen molar-refractivity contribution < 1.29 is 9.53 Å². The predicted molar refractivity (Wildman–Crippen MR) is 117 cm³/mol. The van der Waals surface area contributed by atoms with Crippen LogP contribution < -0.4 is 15.8 Å². The molecule has 0 unspecified atom stereocenters. The van der Waals surface area contributed by atoms with Gasteiger partial charge in [-0.3, -0.25) is 9.69 Å². The number of allylic oxidation sites excluding steroid dienone is 2. The van der Waals surface area contributed by atoms with Crippen molar-refractivity contribution in [2.75, 3.05) is 12.4 Å². The van der Waals surface area contributed by atoms with Gasteiger partial charge in [-0.15, -0.1) is 0 Å². The standard InChI is InChI=1S/C22H19N5O2S/c1-13-18(21(28)26-15-8-4-3-5-9-15)19(14-7-6-10-16(11-14)29-2)27-20(24)17(12-23)30-22(27)25-13/h3-11,19H,24H2,1-2H3,(H,26,28)/t19-/m1/s1. The van der Waals surface area contributed by atoms with Gasteiger partial charge < -0.3 is 15.8 Å². The molecule has 0 radical (unpaired) electrons. The number of anilines is 1. The molecule has 0 saturated carbocycles. The van der Waals surface area contributed by atoms with E-state index in [-0.39, 0.29) is 11.7 Å². The quantitative estimate of drug-likeness (QED) is 0.786. The third-order valence-electron chi connectivity index (χ3n) is 4.86. The van der Waals surface area contributed by atoms with Crippen LogP contribution in [0, 0.1) is 11.3 Å². The summed E-state index contributed by atoms with van der Waals surface area (Å²) in [5, 5.41) is 13.0. The topological polar surface area (TPSA) is 104 Å². The first kappa shape index (κ1) is 19.6. The second kappa shape index (κ2) is 7.97. The number of carbonyl (C=O) groups is 1. The summed E-state index contributed by atoms with van der Waals surface area (Å²) in [5.74, 6) is 0.663. The van der Waals surface area contributed by atoms with Crippen molar-refractivity contribution in [3.63, 3.8) is 0 Å². The number of hydrogen-bond donors (Lipinski definition) is 2. The zero-order valence-corrected chi connectivity index (χ0v) is 17.2. The molecule has 2 aliphatic heterocycles. The Labute approximate surface area is 178 Å². The molecule has 7 nitrogen and oxygen atoms in total. The fourth-order valence-corrected chi connectivity index (χ4v) is 4.39. The molecule has 2 aromatic carbocycles. The summed E-state index contributed by atoms with van der Waals surface area (Å²) in [6, 6.07) is 18.2. The molecule has 0 aromatic heterocycles. The summed E-state index contributed by atoms with van der Waals surface area (Å²) < 4.78 is 5.38. The smallest absolute Gasteiger partial charge is 0.255 e. The molecule has 3 N–H and O–H groups in total. The lowest BCUT2D eigenvalue weighted by Gasteiger charge is -2.35. The van der Waals surface area contributed by atoms with Gasteiger partial charge >= 0.3 is 0 Å². The molecule has 0 bridgehead atoms. The summed E-state index contributed by atoms with van der Waals surface area (Å²) in [4.78, 5) is 20.0. The van der Waals surface area contributed by atoms with Crippen LogP contribution in [-0.4, -0.2) is 23.1 Å². The number of ether oxygens (including phenoxy) is 1. The molecule has 0 fully saturated rings. The van der Waals surface area contributed by atoms with Crippen LogP contribution in [0.15, 0.2) is 81.6 Å². The fraction of sp³-hybridized carbons (Fsp3) is 0.136. The normalized spacial score (nSPS) is 18.0. The number of benzene rings is 2. The van der Waals surface area contributed by atoms with Gasteiger partial charge in [0, 0.05) is 5.69 Å². The van der Waals surface area contributed by atoms with Gasteiger partial charge in [-0.1, -0.05) is 30.3 Å². The summed E-state index contributed by atoms with van der Waals surface area (Å²) in [7, 11) is 1.59. The van der Waals surface area contributed by atoms with Crippen molar-refractivity contribution in [1.82, 2.24) is 4.90 Å². The summed E-state index contributed by atoms with van der Waals surface area (Å²) in [5.41, 5.74) is 8.81. The molecule has 0 aliphatic carbocycles. The third kappa shape index (κ3) is 3.40. The average molecular weight is 417 g/mol. The van der Waals surface area contributed by atoms with E-state index in [9.17, 15) is 10.1 Å². The van der Waals surface area contributed by atoms with Crippen LogP contribution in [-0.2, 0) is 4.79 Å². The van der Waals surface area contributed by atoms with Gasteiger partial charge in [0.1, 0.15) is 22.5 Å². The number of aliphatic imine (C=N–C) groups is 1. The van der Waals surface area contributed by atoms with Gasteiger partial charge in [-0.2, -0.15) is 5.26 Å². The summed E-state index contributed by atoms with van der Waals surface area (Å²) in [6.45, 7) is 1.79. The second-order valence-corrected chi connectivity index (χ2v) is 7.67. The van der Waals surface area contributed by atoms with E-state index < -0.39 is 6.04 Å². The van der Waals surface area contributed by atoms with Crippen molar-refractivity contribution in [2.24, 2.45) is 10.7 Å². The average Bonchev–Trinajstić information content (AvgIpc) is 3.08. The van der Waals surface area contributed by atoms with Crippen LogP contribution in [0.5, 0.6) is 5.75 Å². The molecule has 2 aromatic rings. The van der Waals surface area contributed by atoms with Crippen molar-refractivity contribution in [3.05, 3.63) is 82.2 Å². The Bertz CT molecular complexity index is 1150. The van der Waals surface area contributed by atoms with E-state index in [1.54, 1.807) is 18.9 Å². The highest BCUT2D eigenvalue weighted by atomic mass is 32.2. The zero-order chi connectivity index (χ0) is 21.3. The molecule has 4 rings (SSSR count). The Morgan fingerprint density at radius 2 is 2.03 bits per heavy atom. The van der Waals surface area contributed by atoms with E-state index in [0.717, 1.165) is 5.56 Å². The number of rotatable bonds is 4. The predicted octanol–water partition coefficient (Wildman–Crippen LogP) is 3.72. The number of hydrogen-bond acceptors (Lipinski definition) is 7. The number of amides is 1. The van der Waals surface area contributed by atoms with E-state index in [1.807, 2.05) is 54.6 Å². The Morgan fingerprint density at radius 1 is 1.27 bits per heavy atom. The Kier molecular flexibility index (Phi) is 5.21. The lowest BCUT2D eigenvalue weighted by atomic mass is 9.93. The lowest BCUT2D eigenvalue weighted by molar-refractivity contribution is -0.113. The van der Waals surface area contributed by atoms with Crippen LogP contribution in [0.1, 0.15) is 18.5 Å². The van der Waals surface area contributed by atoms with Crippen LogP contribution in [0.2, 0.25) is 0 Å². The molecule has 0 spiro atoms. The van der Waals surface area contributed by atoms with E-state index >= 15 is 0 Å². The maximum atomic E-state index is 13.3. The molecule has 8 heteroatoms. The first-order valence-electron chi connectivity index (χ1n) is 9.20. The van der Waals surface area contributed by atoms with Crippen LogP contribution >= 0.6 is 11.8 Å². The number of nitrogens with one attached hydrogen (secondary N) is 1. The summed E-state index contributed by atoms with van der Waals surface area (Å²) >= 11 is 1.20. The largest absolute Gasteiger partial charge is 0.497 e. The number of nitriles is 1. The monoisotopic (exact) mass is 417 g/mol. The van der Waals surface area contributed by atoms with Crippen molar-refractivity contribution >= 4 is 28.5 Å². The minimum Gasteiger partial charge on any atom is -0.497 e. The summed E-state index contributed by atoms with van der Waals surface area (Å²) in [6.07, 6.45) is 0. The van der Waals surface area contributed by atoms with E-state index in [4.69, 9.17) is 10.5 Å². The van der Waals surface area contributed by atoms with Gasteiger partial charge in [0.05, 0.1) is 24.4 Å². The third-order valence-corrected chi connectivity index (χ3v) is 5.84. The lowest BCUT2D eigenvalue weighted by Crippen LogP contribution is -2.39. The van der Waals surface area contributed by atoms with Gasteiger partial charge in [-0.05, 0) is 48.5 Å². The molecule has 0 saturated heterocycles. The fourth-order valence-electron chi connectivity index (χ4n) is 3.48. The Balaban J connectivity index is 1.83. The van der Waals surface area contributed by atoms with Gasteiger partial charge in [-0.25, -0.2) is 4.99 Å². The number of para-hydroxylation sites is 1. The number of nitrogens with zero attached hydrogens (tertiary/aromatic N) is 3. The maximum absolute atomic E-state index is 13.3. The van der Waals surface area contributed by atoms with Crippen LogP contribution in [0.3, 0.4) is 0 Å². The van der Waals surface area contributed by atoms with E-state index in [0.29, 0.717) is 32.8 Å².